The van der Waals surface area contributed by atoms with E-state index in [4.69, 9.17) is 76.5 Å². The molecule has 4 aliphatic heterocycles. The van der Waals surface area contributed by atoms with Gasteiger partial charge in [-0.15, -0.1) is 0 Å². The Bertz CT molecular complexity index is 2820. The molecule has 0 bridgehead atoms. The first-order chi connectivity index (χ1) is 33.4. The molecule has 13 nitrogen and oxygen atoms in total. The van der Waals surface area contributed by atoms with E-state index in [-0.39, 0.29) is 18.7 Å². The SMILES string of the molecule is Cc1nn([C@H](C)c2ccc(Cl)cc2Cl)c2nc(N3CC([C@@H]4CC(C[C@H](c5ccc(Cl)cc5Cl)n5nc(C)c6ncc(N7CC([C@H]8CCCN(CCCO)C8)C7)nc65)CN(C5CC(C)C5)C4)C3)cnc12. The van der Waals surface area contributed by atoms with E-state index in [0.29, 0.717) is 55.7 Å². The second-order valence-corrected chi connectivity index (χ2v) is 23.0. The Morgan fingerprint density at radius 3 is 1.90 bits per heavy atom. The summed E-state index contributed by atoms with van der Waals surface area (Å²) in [5, 5.41) is 22.0. The van der Waals surface area contributed by atoms with E-state index in [1.165, 1.54) is 25.7 Å². The normalized spacial score (nSPS) is 25.0. The molecule has 0 radical (unpaired) electrons. The Morgan fingerprint density at radius 1 is 0.696 bits per heavy atom. The van der Waals surface area contributed by atoms with Crippen molar-refractivity contribution in [3.63, 3.8) is 0 Å². The number of fused-ring (bicyclic) bond motifs is 2. The van der Waals surface area contributed by atoms with Crippen LogP contribution in [0.25, 0.3) is 22.3 Å². The van der Waals surface area contributed by atoms with Crippen LogP contribution in [0.3, 0.4) is 0 Å². The highest BCUT2D eigenvalue weighted by Crippen LogP contribution is 2.44. The highest BCUT2D eigenvalue weighted by molar-refractivity contribution is 6.35. The third-order valence-electron chi connectivity index (χ3n) is 16.5. The molecular formula is C52H64Cl4N12O. The summed E-state index contributed by atoms with van der Waals surface area (Å²) in [5.74, 6) is 5.33. The summed E-state index contributed by atoms with van der Waals surface area (Å²) >= 11 is 26.7. The summed E-state index contributed by atoms with van der Waals surface area (Å²) in [4.78, 5) is 30.7. The molecule has 5 aliphatic rings. The average Bonchev–Trinajstić information content (AvgIpc) is 3.80. The van der Waals surface area contributed by atoms with E-state index in [1.54, 1.807) is 6.07 Å². The Labute approximate surface area is 425 Å². The third kappa shape index (κ3) is 9.43. The highest BCUT2D eigenvalue weighted by Gasteiger charge is 2.44. The third-order valence-corrected chi connectivity index (χ3v) is 17.6. The van der Waals surface area contributed by atoms with Crippen molar-refractivity contribution in [1.82, 2.24) is 49.3 Å². The second kappa shape index (κ2) is 19.7. The number of halogens is 4. The van der Waals surface area contributed by atoms with Crippen molar-refractivity contribution in [1.29, 1.82) is 0 Å². The first-order valence-corrected chi connectivity index (χ1v) is 26.8. The van der Waals surface area contributed by atoms with Crippen LogP contribution in [0.4, 0.5) is 11.6 Å². The topological polar surface area (TPSA) is 120 Å². The molecule has 366 valence electrons. The van der Waals surface area contributed by atoms with E-state index < -0.39 is 0 Å². The fraction of sp³-hybridized carbons (Fsp3) is 0.577. The number of rotatable bonds is 14. The first kappa shape index (κ1) is 47.5. The van der Waals surface area contributed by atoms with E-state index in [0.717, 1.165) is 141 Å². The zero-order valence-electron chi connectivity index (χ0n) is 40.2. The standard InChI is InChI=1S/C52H64Cl4N12O/c1-30-15-41(16-30)64-23-34(17-36(25-64)38-28-66(29-38)47-21-57-49-31(2)61-67(51(49)59-47)33(4)42-10-8-39(53)19-44(42)55)18-46(43-11-9-40(54)20-45(43)56)68-52-50(32(3)62-68)58-22-48(60-52)65-26-37(27-65)35-7-5-12-63(24-35)13-6-14-69/h8-11,19-22,30,33-38,41,46,69H,5-7,12-18,23-29H2,1-4H3/t30?,33-,34?,35+,36-,41?,46-/m1/s1. The molecule has 4 aromatic heterocycles. The number of anilines is 2. The maximum atomic E-state index is 9.42. The van der Waals surface area contributed by atoms with Gasteiger partial charge in [0.05, 0.1) is 35.9 Å². The molecule has 1 unspecified atom stereocenters. The van der Waals surface area contributed by atoms with Crippen LogP contribution in [-0.4, -0.2) is 126 Å². The Morgan fingerprint density at radius 2 is 1.29 bits per heavy atom. The molecule has 1 aliphatic carbocycles. The number of hydrogen-bond donors (Lipinski definition) is 1. The Hall–Kier alpha value is -3.82. The van der Waals surface area contributed by atoms with E-state index in [1.807, 2.05) is 55.2 Å². The fourth-order valence-corrected chi connectivity index (χ4v) is 13.6. The summed E-state index contributed by atoms with van der Waals surface area (Å²) in [6.45, 7) is 18.0. The van der Waals surface area contributed by atoms with Crippen molar-refractivity contribution in [2.75, 3.05) is 75.3 Å². The van der Waals surface area contributed by atoms with E-state index in [2.05, 4.69) is 44.2 Å². The molecule has 11 rings (SSSR count). The van der Waals surface area contributed by atoms with Gasteiger partial charge in [0.2, 0.25) is 0 Å². The average molecular weight is 1010 g/mol. The molecule has 2 aromatic carbocycles. The molecular weight excluding hydrogens is 950 g/mol. The zero-order valence-corrected chi connectivity index (χ0v) is 43.2. The van der Waals surface area contributed by atoms with Crippen molar-refractivity contribution in [2.24, 2.45) is 35.5 Å². The summed E-state index contributed by atoms with van der Waals surface area (Å²) in [6, 6.07) is 11.8. The number of aliphatic hydroxyl groups excluding tert-OH is 1. The van der Waals surface area contributed by atoms with E-state index in [9.17, 15) is 5.11 Å². The number of aryl methyl sites for hydroxylation is 2. The molecule has 1 N–H and O–H groups in total. The van der Waals surface area contributed by atoms with Crippen molar-refractivity contribution >= 4 is 80.4 Å². The van der Waals surface area contributed by atoms with Gasteiger partial charge in [0.1, 0.15) is 22.7 Å². The van der Waals surface area contributed by atoms with Crippen LogP contribution in [0.1, 0.15) is 93.4 Å². The van der Waals surface area contributed by atoms with Gasteiger partial charge in [-0.1, -0.05) is 65.5 Å². The lowest BCUT2D eigenvalue weighted by Gasteiger charge is -2.52. The number of likely N-dealkylation sites (tertiary alicyclic amines) is 2. The molecule has 6 aromatic rings. The molecule has 1 saturated carbocycles. The minimum atomic E-state index is -0.156. The smallest absolute Gasteiger partial charge is 0.179 e. The van der Waals surface area contributed by atoms with Crippen LogP contribution in [-0.2, 0) is 0 Å². The lowest BCUT2D eigenvalue weighted by atomic mass is 9.72. The Kier molecular flexibility index (Phi) is 13.5. The maximum absolute atomic E-state index is 9.42. The zero-order chi connectivity index (χ0) is 47.7. The van der Waals surface area contributed by atoms with Crippen LogP contribution in [0.15, 0.2) is 48.8 Å². The van der Waals surface area contributed by atoms with E-state index >= 15 is 0 Å². The van der Waals surface area contributed by atoms with Crippen LogP contribution in [0, 0.1) is 49.4 Å². The summed E-state index contributed by atoms with van der Waals surface area (Å²) in [6.07, 6.45) is 11.7. The second-order valence-electron chi connectivity index (χ2n) is 21.3. The van der Waals surface area contributed by atoms with Gasteiger partial charge in [0.25, 0.3) is 0 Å². The summed E-state index contributed by atoms with van der Waals surface area (Å²) in [7, 11) is 0. The predicted octanol–water partition coefficient (Wildman–Crippen LogP) is 10.2. The maximum Gasteiger partial charge on any atom is 0.179 e. The van der Waals surface area contributed by atoms with Gasteiger partial charge in [0, 0.05) is 85.1 Å². The molecule has 0 spiro atoms. The molecule has 69 heavy (non-hydrogen) atoms. The highest BCUT2D eigenvalue weighted by atomic mass is 35.5. The Balaban J connectivity index is 0.837. The number of aromatic nitrogens is 8. The number of piperidine rings is 2. The predicted molar refractivity (Wildman–Crippen MR) is 277 cm³/mol. The van der Waals surface area contributed by atoms with Crippen molar-refractivity contribution in [3.8, 4) is 0 Å². The van der Waals surface area contributed by atoms with Crippen LogP contribution < -0.4 is 9.80 Å². The van der Waals surface area contributed by atoms with Crippen molar-refractivity contribution in [3.05, 3.63) is 91.4 Å². The summed E-state index contributed by atoms with van der Waals surface area (Å²) in [5.41, 5.74) is 6.87. The van der Waals surface area contributed by atoms with Crippen LogP contribution in [0.5, 0.6) is 0 Å². The number of nitrogens with zero attached hydrogens (tertiary/aromatic N) is 12. The molecule has 8 heterocycles. The molecule has 5 fully saturated rings. The number of hydrogen-bond acceptors (Lipinski definition) is 11. The van der Waals surface area contributed by atoms with Crippen LogP contribution in [0.2, 0.25) is 20.1 Å². The fourth-order valence-electron chi connectivity index (χ4n) is 12.5. The quantitative estimate of drug-likeness (QED) is 0.112. The van der Waals surface area contributed by atoms with Gasteiger partial charge >= 0.3 is 0 Å². The first-order valence-electron chi connectivity index (χ1n) is 25.3. The van der Waals surface area contributed by atoms with Gasteiger partial charge in [0.15, 0.2) is 11.3 Å². The monoisotopic (exact) mass is 1010 g/mol. The minimum absolute atomic E-state index is 0.154. The molecule has 5 atom stereocenters. The number of benzene rings is 2. The van der Waals surface area contributed by atoms with Crippen molar-refractivity contribution < 1.29 is 5.11 Å². The molecule has 17 heteroatoms. The number of aliphatic hydroxyl groups is 1. The van der Waals surface area contributed by atoms with Gasteiger partial charge in [-0.3, -0.25) is 4.90 Å². The summed E-state index contributed by atoms with van der Waals surface area (Å²) < 4.78 is 4.09. The molecule has 4 saturated heterocycles. The minimum Gasteiger partial charge on any atom is -0.396 e. The lowest BCUT2D eigenvalue weighted by molar-refractivity contribution is 0.00117. The lowest BCUT2D eigenvalue weighted by Crippen LogP contribution is -2.57. The molecule has 0 amide bonds. The van der Waals surface area contributed by atoms with Gasteiger partial charge in [-0.05, 0) is 143 Å². The van der Waals surface area contributed by atoms with Crippen molar-refractivity contribution in [2.45, 2.75) is 90.8 Å². The van der Waals surface area contributed by atoms with Gasteiger partial charge in [-0.2, -0.15) is 10.2 Å². The largest absolute Gasteiger partial charge is 0.396 e. The van der Waals surface area contributed by atoms with Gasteiger partial charge in [-0.25, -0.2) is 29.3 Å². The van der Waals surface area contributed by atoms with Crippen LogP contribution >= 0.6 is 46.4 Å². The van der Waals surface area contributed by atoms with Gasteiger partial charge < -0.3 is 19.8 Å².